The lowest BCUT2D eigenvalue weighted by molar-refractivity contribution is 0.00130. The Morgan fingerprint density at radius 2 is 2.19 bits per heavy atom. The van der Waals surface area contributed by atoms with Crippen molar-refractivity contribution in [3.05, 3.63) is 24.0 Å². The van der Waals surface area contributed by atoms with Crippen molar-refractivity contribution < 1.29 is 14.6 Å². The quantitative estimate of drug-likeness (QED) is 0.784. The van der Waals surface area contributed by atoms with Crippen molar-refractivity contribution in [3.63, 3.8) is 0 Å². The van der Waals surface area contributed by atoms with Gasteiger partial charge >= 0.3 is 0 Å². The van der Waals surface area contributed by atoms with E-state index < -0.39 is 5.60 Å². The van der Waals surface area contributed by atoms with Gasteiger partial charge in [-0.15, -0.1) is 0 Å². The summed E-state index contributed by atoms with van der Waals surface area (Å²) in [6.07, 6.45) is 5.90. The van der Waals surface area contributed by atoms with Crippen LogP contribution in [0.3, 0.4) is 0 Å². The minimum absolute atomic E-state index is 0.301. The van der Waals surface area contributed by atoms with E-state index in [9.17, 15) is 9.90 Å². The van der Waals surface area contributed by atoms with Gasteiger partial charge in [0, 0.05) is 0 Å². The molecule has 1 aromatic heterocycles. The maximum atomic E-state index is 10.4. The number of hydrogen-bond acceptors (Lipinski definition) is 4. The van der Waals surface area contributed by atoms with Crippen molar-refractivity contribution >= 4 is 6.29 Å². The second-order valence-electron chi connectivity index (χ2n) is 4.26. The molecule has 0 aromatic carbocycles. The largest absolute Gasteiger partial charge is 0.489 e. The second-order valence-corrected chi connectivity index (χ2v) is 4.26. The number of aliphatic hydroxyl groups is 1. The summed E-state index contributed by atoms with van der Waals surface area (Å²) in [4.78, 5) is 14.3. The van der Waals surface area contributed by atoms with Gasteiger partial charge < -0.3 is 9.84 Å². The van der Waals surface area contributed by atoms with Gasteiger partial charge in [-0.05, 0) is 25.0 Å². The van der Waals surface area contributed by atoms with Crippen LogP contribution in [-0.4, -0.2) is 28.6 Å². The van der Waals surface area contributed by atoms with Gasteiger partial charge in [-0.25, -0.2) is 4.98 Å². The third kappa shape index (κ3) is 2.58. The first-order chi connectivity index (χ1) is 7.72. The maximum Gasteiger partial charge on any atom is 0.168 e. The van der Waals surface area contributed by atoms with E-state index >= 15 is 0 Å². The van der Waals surface area contributed by atoms with Crippen LogP contribution in [-0.2, 0) is 0 Å². The van der Waals surface area contributed by atoms with Gasteiger partial charge in [0.25, 0.3) is 0 Å². The van der Waals surface area contributed by atoms with Crippen molar-refractivity contribution in [1.29, 1.82) is 0 Å². The molecule has 1 aliphatic rings. The van der Waals surface area contributed by atoms with Crippen molar-refractivity contribution in [2.24, 2.45) is 0 Å². The van der Waals surface area contributed by atoms with E-state index in [1.165, 1.54) is 6.20 Å². The van der Waals surface area contributed by atoms with Gasteiger partial charge in [0.1, 0.15) is 18.1 Å². The van der Waals surface area contributed by atoms with Gasteiger partial charge in [-0.1, -0.05) is 12.8 Å². The Hall–Kier alpha value is -1.42. The molecule has 0 atom stereocenters. The molecule has 0 amide bonds. The Balaban J connectivity index is 1.91. The molecule has 1 N–H and O–H groups in total. The number of aromatic nitrogens is 1. The van der Waals surface area contributed by atoms with Crippen LogP contribution < -0.4 is 4.74 Å². The monoisotopic (exact) mass is 221 g/mol. The number of carbonyl (C=O) groups is 1. The van der Waals surface area contributed by atoms with Gasteiger partial charge in [0.15, 0.2) is 6.29 Å². The highest BCUT2D eigenvalue weighted by molar-refractivity contribution is 5.71. The maximum absolute atomic E-state index is 10.4. The van der Waals surface area contributed by atoms with E-state index in [2.05, 4.69) is 4.98 Å². The predicted octanol–water partition coefficient (Wildman–Crippen LogP) is 1.58. The van der Waals surface area contributed by atoms with Crippen LogP contribution >= 0.6 is 0 Å². The molecule has 2 rings (SSSR count). The Morgan fingerprint density at radius 1 is 1.44 bits per heavy atom. The lowest BCUT2D eigenvalue weighted by Crippen LogP contribution is -2.32. The summed E-state index contributed by atoms with van der Waals surface area (Å²) < 4.78 is 5.46. The number of pyridine rings is 1. The Kier molecular flexibility index (Phi) is 3.19. The zero-order valence-electron chi connectivity index (χ0n) is 9.06. The summed E-state index contributed by atoms with van der Waals surface area (Å²) in [5, 5.41) is 10.1. The summed E-state index contributed by atoms with van der Waals surface area (Å²) >= 11 is 0. The highest BCUT2D eigenvalue weighted by atomic mass is 16.5. The van der Waals surface area contributed by atoms with Gasteiger partial charge in [0.05, 0.1) is 11.8 Å². The normalized spacial score (nSPS) is 18.3. The molecule has 0 saturated heterocycles. The van der Waals surface area contributed by atoms with Crippen LogP contribution in [0, 0.1) is 0 Å². The van der Waals surface area contributed by atoms with Crippen molar-refractivity contribution in [1.82, 2.24) is 4.98 Å². The number of rotatable bonds is 4. The predicted molar refractivity (Wildman–Crippen MR) is 58.5 cm³/mol. The van der Waals surface area contributed by atoms with E-state index in [1.807, 2.05) is 0 Å². The summed E-state index contributed by atoms with van der Waals surface area (Å²) in [5.74, 6) is 0.589. The fraction of sp³-hybridized carbons (Fsp3) is 0.500. The third-order valence-corrected chi connectivity index (χ3v) is 2.92. The van der Waals surface area contributed by atoms with Gasteiger partial charge in [-0.2, -0.15) is 0 Å². The Morgan fingerprint density at radius 3 is 2.75 bits per heavy atom. The fourth-order valence-electron chi connectivity index (χ4n) is 1.94. The average Bonchev–Trinajstić information content (AvgIpc) is 2.75. The number of ether oxygens (including phenoxy) is 1. The van der Waals surface area contributed by atoms with Crippen LogP contribution in [0.4, 0.5) is 0 Å². The minimum atomic E-state index is -0.677. The van der Waals surface area contributed by atoms with Crippen molar-refractivity contribution in [2.75, 3.05) is 6.61 Å². The van der Waals surface area contributed by atoms with Crippen LogP contribution in [0.25, 0.3) is 0 Å². The molecular formula is C12H15NO3. The Labute approximate surface area is 94.3 Å². The van der Waals surface area contributed by atoms with E-state index in [4.69, 9.17) is 4.74 Å². The molecule has 16 heavy (non-hydrogen) atoms. The third-order valence-electron chi connectivity index (χ3n) is 2.92. The fourth-order valence-corrected chi connectivity index (χ4v) is 1.94. The lowest BCUT2D eigenvalue weighted by atomic mass is 10.0. The molecule has 0 aliphatic heterocycles. The molecule has 1 saturated carbocycles. The first-order valence-electron chi connectivity index (χ1n) is 5.48. The molecule has 1 heterocycles. The van der Waals surface area contributed by atoms with Crippen LogP contribution in [0.5, 0.6) is 5.75 Å². The van der Waals surface area contributed by atoms with Crippen LogP contribution in [0.2, 0.25) is 0 Å². The molecular weight excluding hydrogens is 206 g/mol. The van der Waals surface area contributed by atoms with Crippen molar-refractivity contribution in [2.45, 2.75) is 31.3 Å². The molecule has 4 heteroatoms. The Bertz CT molecular complexity index is 355. The number of aldehydes is 1. The molecule has 0 unspecified atom stereocenters. The standard InChI is InChI=1S/C12H15NO3/c14-8-10-3-4-11(7-13-10)16-9-12(15)5-1-2-6-12/h3-4,7-8,15H,1-2,5-6,9H2. The van der Waals surface area contributed by atoms with Crippen molar-refractivity contribution in [3.8, 4) is 5.75 Å². The van der Waals surface area contributed by atoms with Crippen LogP contribution in [0.15, 0.2) is 18.3 Å². The lowest BCUT2D eigenvalue weighted by Gasteiger charge is -2.21. The van der Waals surface area contributed by atoms with E-state index in [0.29, 0.717) is 24.3 Å². The van der Waals surface area contributed by atoms with Crippen LogP contribution in [0.1, 0.15) is 36.2 Å². The first-order valence-corrected chi connectivity index (χ1v) is 5.48. The summed E-state index contributed by atoms with van der Waals surface area (Å²) in [7, 11) is 0. The topological polar surface area (TPSA) is 59.4 Å². The zero-order chi connectivity index (χ0) is 11.4. The minimum Gasteiger partial charge on any atom is -0.489 e. The number of hydrogen-bond donors (Lipinski definition) is 1. The average molecular weight is 221 g/mol. The van der Waals surface area contributed by atoms with E-state index in [-0.39, 0.29) is 0 Å². The highest BCUT2D eigenvalue weighted by Crippen LogP contribution is 2.29. The highest BCUT2D eigenvalue weighted by Gasteiger charge is 2.31. The van der Waals surface area contributed by atoms with Gasteiger partial charge in [-0.3, -0.25) is 4.79 Å². The molecule has 0 bridgehead atoms. The molecule has 0 spiro atoms. The molecule has 1 aliphatic carbocycles. The second kappa shape index (κ2) is 4.61. The molecule has 1 fully saturated rings. The van der Waals surface area contributed by atoms with E-state index in [0.717, 1.165) is 25.7 Å². The summed E-state index contributed by atoms with van der Waals surface area (Å²) in [5.41, 5.74) is -0.296. The van der Waals surface area contributed by atoms with E-state index in [1.54, 1.807) is 12.1 Å². The summed E-state index contributed by atoms with van der Waals surface area (Å²) in [6, 6.07) is 3.29. The number of carbonyl (C=O) groups excluding carboxylic acids is 1. The SMILES string of the molecule is O=Cc1ccc(OCC2(O)CCCC2)cn1. The zero-order valence-corrected chi connectivity index (χ0v) is 9.06. The smallest absolute Gasteiger partial charge is 0.168 e. The molecule has 1 aromatic rings. The summed E-state index contributed by atoms with van der Waals surface area (Å²) in [6.45, 7) is 0.301. The molecule has 0 radical (unpaired) electrons. The molecule has 4 nitrogen and oxygen atoms in total. The number of nitrogens with zero attached hydrogens (tertiary/aromatic N) is 1. The molecule has 86 valence electrons. The first kappa shape index (κ1) is 11.1. The van der Waals surface area contributed by atoms with Gasteiger partial charge in [0.2, 0.25) is 0 Å².